The Morgan fingerprint density at radius 3 is 2.46 bits per heavy atom. The largest absolute Gasteiger partial charge is 0.313 e. The molecule has 1 aliphatic rings. The van der Waals surface area contributed by atoms with Gasteiger partial charge < -0.3 is 5.32 Å². The average Bonchev–Trinajstić information content (AvgIpc) is 2.09. The number of hydrogen-bond acceptors (Lipinski definition) is 1. The van der Waals surface area contributed by atoms with Gasteiger partial charge in [0.2, 0.25) is 0 Å². The lowest BCUT2D eigenvalue weighted by Crippen LogP contribution is -2.39. The van der Waals surface area contributed by atoms with Crippen LogP contribution in [0.5, 0.6) is 0 Å². The van der Waals surface area contributed by atoms with Crippen LogP contribution in [0.3, 0.4) is 0 Å². The highest BCUT2D eigenvalue weighted by Gasteiger charge is 2.28. The third kappa shape index (κ3) is 2.57. The van der Waals surface area contributed by atoms with E-state index in [4.69, 9.17) is 0 Å². The highest BCUT2D eigenvalue weighted by Crippen LogP contribution is 2.33. The predicted octanol–water partition coefficient (Wildman–Crippen LogP) is 2.98. The van der Waals surface area contributed by atoms with Crippen LogP contribution in [0.4, 0.5) is 0 Å². The van der Waals surface area contributed by atoms with Crippen LogP contribution in [0.25, 0.3) is 0 Å². The molecule has 1 N–H and O–H groups in total. The van der Waals surface area contributed by atoms with Gasteiger partial charge in [-0.3, -0.25) is 0 Å². The summed E-state index contributed by atoms with van der Waals surface area (Å²) < 4.78 is 0. The lowest BCUT2D eigenvalue weighted by Gasteiger charge is -2.35. The fraction of sp³-hybridized carbons (Fsp3) is 0.833. The van der Waals surface area contributed by atoms with Gasteiger partial charge in [0.25, 0.3) is 0 Å². The molecule has 0 amide bonds. The number of likely N-dealkylation sites (N-methyl/N-ethyl adjacent to an activating group) is 1. The molecule has 3 unspecified atom stereocenters. The first-order valence-corrected chi connectivity index (χ1v) is 5.49. The molecule has 0 heterocycles. The lowest BCUT2D eigenvalue weighted by atomic mass is 9.74. The number of nitrogens with one attached hydrogen (secondary N) is 1. The summed E-state index contributed by atoms with van der Waals surface area (Å²) >= 11 is 0. The Kier molecular flexibility index (Phi) is 3.98. The van der Waals surface area contributed by atoms with Gasteiger partial charge in [-0.15, -0.1) is 0 Å². The molecule has 1 rings (SSSR count). The van der Waals surface area contributed by atoms with Crippen LogP contribution in [-0.4, -0.2) is 13.1 Å². The van der Waals surface area contributed by atoms with Crippen molar-refractivity contribution in [2.45, 2.75) is 45.6 Å². The highest BCUT2D eigenvalue weighted by atomic mass is 14.9. The van der Waals surface area contributed by atoms with E-state index in [9.17, 15) is 0 Å². The predicted molar refractivity (Wildman–Crippen MR) is 58.8 cm³/mol. The standard InChI is InChI=1S/C12H23N/c1-9(2)12(13-4)11-8-6-5-7-10(11)3/h10-13H,1,5-8H2,2-4H3. The monoisotopic (exact) mass is 181 g/mol. The summed E-state index contributed by atoms with van der Waals surface area (Å²) in [6.45, 7) is 8.60. The molecule has 0 bridgehead atoms. The summed E-state index contributed by atoms with van der Waals surface area (Å²) in [7, 11) is 2.06. The summed E-state index contributed by atoms with van der Waals surface area (Å²) in [5, 5.41) is 3.40. The zero-order chi connectivity index (χ0) is 9.84. The second kappa shape index (κ2) is 4.80. The fourth-order valence-electron chi connectivity index (χ4n) is 2.67. The van der Waals surface area contributed by atoms with E-state index in [1.165, 1.54) is 31.3 Å². The summed E-state index contributed by atoms with van der Waals surface area (Å²) in [6, 6.07) is 0.537. The van der Waals surface area contributed by atoms with Crippen LogP contribution in [0.2, 0.25) is 0 Å². The van der Waals surface area contributed by atoms with Crippen LogP contribution in [0.15, 0.2) is 12.2 Å². The fourth-order valence-corrected chi connectivity index (χ4v) is 2.67. The maximum absolute atomic E-state index is 4.07. The minimum atomic E-state index is 0.537. The van der Waals surface area contributed by atoms with Crippen LogP contribution >= 0.6 is 0 Å². The van der Waals surface area contributed by atoms with E-state index in [1.54, 1.807) is 0 Å². The van der Waals surface area contributed by atoms with Crippen LogP contribution in [-0.2, 0) is 0 Å². The molecule has 0 aromatic heterocycles. The van der Waals surface area contributed by atoms with Crippen molar-refractivity contribution in [3.8, 4) is 0 Å². The number of rotatable bonds is 3. The normalized spacial score (nSPS) is 31.3. The van der Waals surface area contributed by atoms with Crippen molar-refractivity contribution < 1.29 is 0 Å². The molecule has 1 saturated carbocycles. The molecule has 13 heavy (non-hydrogen) atoms. The van der Waals surface area contributed by atoms with Gasteiger partial charge in [0.1, 0.15) is 0 Å². The van der Waals surface area contributed by atoms with Crippen molar-refractivity contribution in [2.24, 2.45) is 11.8 Å². The molecule has 1 heteroatoms. The molecule has 0 aromatic rings. The van der Waals surface area contributed by atoms with Gasteiger partial charge in [-0.05, 0) is 32.2 Å². The third-order valence-electron chi connectivity index (χ3n) is 3.45. The Bertz CT molecular complexity index is 174. The van der Waals surface area contributed by atoms with Gasteiger partial charge in [0, 0.05) is 6.04 Å². The van der Waals surface area contributed by atoms with Gasteiger partial charge >= 0.3 is 0 Å². The third-order valence-corrected chi connectivity index (χ3v) is 3.45. The zero-order valence-corrected chi connectivity index (χ0v) is 9.27. The van der Waals surface area contributed by atoms with E-state index < -0.39 is 0 Å². The van der Waals surface area contributed by atoms with Crippen molar-refractivity contribution in [1.29, 1.82) is 0 Å². The molecule has 0 spiro atoms. The Morgan fingerprint density at radius 1 is 1.38 bits per heavy atom. The molecule has 1 aliphatic carbocycles. The van der Waals surface area contributed by atoms with Crippen LogP contribution < -0.4 is 5.32 Å². The van der Waals surface area contributed by atoms with E-state index in [0.717, 1.165) is 11.8 Å². The average molecular weight is 181 g/mol. The van der Waals surface area contributed by atoms with Crippen molar-refractivity contribution >= 4 is 0 Å². The molecule has 3 atom stereocenters. The zero-order valence-electron chi connectivity index (χ0n) is 9.27. The Hall–Kier alpha value is -0.300. The van der Waals surface area contributed by atoms with Gasteiger partial charge in [0.15, 0.2) is 0 Å². The second-order valence-electron chi connectivity index (χ2n) is 4.54. The van der Waals surface area contributed by atoms with Gasteiger partial charge in [-0.25, -0.2) is 0 Å². The molecule has 0 saturated heterocycles. The van der Waals surface area contributed by atoms with E-state index in [-0.39, 0.29) is 0 Å². The smallest absolute Gasteiger partial charge is 0.0302 e. The summed E-state index contributed by atoms with van der Waals surface area (Å²) in [6.07, 6.45) is 5.60. The lowest BCUT2D eigenvalue weighted by molar-refractivity contribution is 0.216. The van der Waals surface area contributed by atoms with Crippen molar-refractivity contribution in [3.05, 3.63) is 12.2 Å². The molecule has 1 nitrogen and oxygen atoms in total. The van der Waals surface area contributed by atoms with Crippen molar-refractivity contribution in [2.75, 3.05) is 7.05 Å². The van der Waals surface area contributed by atoms with E-state index in [1.807, 2.05) is 0 Å². The van der Waals surface area contributed by atoms with Crippen molar-refractivity contribution in [3.63, 3.8) is 0 Å². The van der Waals surface area contributed by atoms with E-state index in [0.29, 0.717) is 6.04 Å². The van der Waals surface area contributed by atoms with Gasteiger partial charge in [-0.1, -0.05) is 38.3 Å². The first-order chi connectivity index (χ1) is 6.16. The van der Waals surface area contributed by atoms with Crippen LogP contribution in [0, 0.1) is 11.8 Å². The minimum absolute atomic E-state index is 0.537. The molecule has 1 fully saturated rings. The first kappa shape index (κ1) is 10.8. The minimum Gasteiger partial charge on any atom is -0.313 e. The topological polar surface area (TPSA) is 12.0 Å². The molecule has 76 valence electrons. The molecular formula is C12H23N. The highest BCUT2D eigenvalue weighted by molar-refractivity contribution is 5.05. The number of hydrogen-bond donors (Lipinski definition) is 1. The Morgan fingerprint density at radius 2 is 2.00 bits per heavy atom. The van der Waals surface area contributed by atoms with Crippen molar-refractivity contribution in [1.82, 2.24) is 5.32 Å². The maximum Gasteiger partial charge on any atom is 0.0302 e. The SMILES string of the molecule is C=C(C)C(NC)C1CCCCC1C. The summed E-state index contributed by atoms with van der Waals surface area (Å²) in [4.78, 5) is 0. The first-order valence-electron chi connectivity index (χ1n) is 5.49. The second-order valence-corrected chi connectivity index (χ2v) is 4.54. The van der Waals surface area contributed by atoms with E-state index in [2.05, 4.69) is 32.8 Å². The van der Waals surface area contributed by atoms with Crippen LogP contribution in [0.1, 0.15) is 39.5 Å². The van der Waals surface area contributed by atoms with Gasteiger partial charge in [0.05, 0.1) is 0 Å². The Labute approximate surface area is 82.6 Å². The van der Waals surface area contributed by atoms with Gasteiger partial charge in [-0.2, -0.15) is 0 Å². The Balaban J connectivity index is 2.60. The summed E-state index contributed by atoms with van der Waals surface area (Å²) in [5.41, 5.74) is 1.29. The molecule has 0 aliphatic heterocycles. The quantitative estimate of drug-likeness (QED) is 0.660. The van der Waals surface area contributed by atoms with E-state index >= 15 is 0 Å². The molecular weight excluding hydrogens is 158 g/mol. The molecule has 0 aromatic carbocycles. The summed E-state index contributed by atoms with van der Waals surface area (Å²) in [5.74, 6) is 1.68. The molecule has 0 radical (unpaired) electrons. The maximum atomic E-state index is 4.07.